The highest BCUT2D eigenvalue weighted by molar-refractivity contribution is 7.95. The molecule has 0 spiro atoms. The molecule has 0 bridgehead atoms. The van der Waals surface area contributed by atoms with Gasteiger partial charge in [0.1, 0.15) is 23.3 Å². The fourth-order valence-corrected chi connectivity index (χ4v) is 3.63. The van der Waals surface area contributed by atoms with Gasteiger partial charge < -0.3 is 4.74 Å². The van der Waals surface area contributed by atoms with E-state index >= 15 is 0 Å². The Hall–Kier alpha value is -3.36. The fourth-order valence-electron chi connectivity index (χ4n) is 2.45. The molecule has 0 amide bonds. The zero-order chi connectivity index (χ0) is 19.1. The number of nitrogens with zero attached hydrogens (tertiary/aromatic N) is 1. The van der Waals surface area contributed by atoms with Crippen LogP contribution >= 0.6 is 0 Å². The summed E-state index contributed by atoms with van der Waals surface area (Å²) in [6, 6.07) is 26.4. The van der Waals surface area contributed by atoms with Gasteiger partial charge in [-0.25, -0.2) is 8.42 Å². The molecule has 0 fully saturated rings. The molecule has 27 heavy (non-hydrogen) atoms. The lowest BCUT2D eigenvalue weighted by Gasteiger charge is -2.07. The predicted molar refractivity (Wildman–Crippen MR) is 104 cm³/mol. The maximum Gasteiger partial charge on any atom is 0.216 e. The minimum absolute atomic E-state index is 0.0978. The van der Waals surface area contributed by atoms with Crippen molar-refractivity contribution in [2.75, 3.05) is 0 Å². The van der Waals surface area contributed by atoms with Gasteiger partial charge >= 0.3 is 0 Å². The summed E-state index contributed by atoms with van der Waals surface area (Å²) in [5, 5.41) is 9.33. The normalized spacial score (nSPS) is 11.6. The van der Waals surface area contributed by atoms with Gasteiger partial charge in [0.2, 0.25) is 9.84 Å². The standard InChI is InChI=1S/C22H17NO3S/c23-16-22(27(24,25)21-9-5-2-6-10-21)15-18-11-13-20(14-12-18)26-17-19-7-3-1-4-8-19/h1-15H,17H2. The number of allylic oxidation sites excluding steroid dienone is 1. The van der Waals surface area contributed by atoms with Gasteiger partial charge in [-0.05, 0) is 41.5 Å². The van der Waals surface area contributed by atoms with Crippen LogP contribution < -0.4 is 4.74 Å². The molecule has 0 unspecified atom stereocenters. The van der Waals surface area contributed by atoms with Crippen LogP contribution in [0.1, 0.15) is 11.1 Å². The molecule has 0 aliphatic carbocycles. The summed E-state index contributed by atoms with van der Waals surface area (Å²) in [6.07, 6.45) is 1.36. The minimum atomic E-state index is -3.84. The van der Waals surface area contributed by atoms with Crippen LogP contribution in [-0.2, 0) is 16.4 Å². The Bertz CT molecular complexity index is 1070. The highest BCUT2D eigenvalue weighted by Gasteiger charge is 2.20. The molecule has 0 atom stereocenters. The van der Waals surface area contributed by atoms with E-state index in [9.17, 15) is 13.7 Å². The van der Waals surface area contributed by atoms with Gasteiger partial charge in [0, 0.05) is 0 Å². The molecular formula is C22H17NO3S. The summed E-state index contributed by atoms with van der Waals surface area (Å²) in [5.41, 5.74) is 1.67. The Balaban J connectivity index is 1.77. The molecule has 0 N–H and O–H groups in total. The molecule has 0 saturated heterocycles. The first kappa shape index (κ1) is 18.4. The lowest BCUT2D eigenvalue weighted by atomic mass is 10.2. The summed E-state index contributed by atoms with van der Waals surface area (Å²) < 4.78 is 30.9. The van der Waals surface area contributed by atoms with E-state index < -0.39 is 9.84 Å². The van der Waals surface area contributed by atoms with E-state index in [-0.39, 0.29) is 9.80 Å². The first-order valence-electron chi connectivity index (χ1n) is 8.28. The minimum Gasteiger partial charge on any atom is -0.489 e. The first-order chi connectivity index (χ1) is 13.1. The van der Waals surface area contributed by atoms with Crippen LogP contribution in [0.15, 0.2) is 94.7 Å². The smallest absolute Gasteiger partial charge is 0.216 e. The van der Waals surface area contributed by atoms with Crippen molar-refractivity contribution in [1.82, 2.24) is 0 Å². The van der Waals surface area contributed by atoms with Gasteiger partial charge in [0.15, 0.2) is 0 Å². The summed E-state index contributed by atoms with van der Waals surface area (Å²) in [7, 11) is -3.84. The number of sulfone groups is 1. The number of hydrogen-bond donors (Lipinski definition) is 0. The highest BCUT2D eigenvalue weighted by Crippen LogP contribution is 2.22. The number of rotatable bonds is 6. The van der Waals surface area contributed by atoms with Crippen LogP contribution in [-0.4, -0.2) is 8.42 Å². The quantitative estimate of drug-likeness (QED) is 0.590. The highest BCUT2D eigenvalue weighted by atomic mass is 32.2. The largest absolute Gasteiger partial charge is 0.489 e. The van der Waals surface area contributed by atoms with Crippen molar-refractivity contribution in [3.63, 3.8) is 0 Å². The van der Waals surface area contributed by atoms with Gasteiger partial charge in [0.25, 0.3) is 0 Å². The van der Waals surface area contributed by atoms with Gasteiger partial charge in [0.05, 0.1) is 4.90 Å². The topological polar surface area (TPSA) is 67.2 Å². The van der Waals surface area contributed by atoms with E-state index in [1.54, 1.807) is 48.5 Å². The number of hydrogen-bond acceptors (Lipinski definition) is 4. The van der Waals surface area contributed by atoms with Crippen molar-refractivity contribution < 1.29 is 13.2 Å². The Morgan fingerprint density at radius 1 is 0.889 bits per heavy atom. The third-order valence-electron chi connectivity index (χ3n) is 3.88. The van der Waals surface area contributed by atoms with Crippen molar-refractivity contribution in [3.8, 4) is 11.8 Å². The third-order valence-corrected chi connectivity index (χ3v) is 5.56. The van der Waals surface area contributed by atoms with Crippen molar-refractivity contribution >= 4 is 15.9 Å². The Labute approximate surface area is 158 Å². The molecule has 0 aliphatic heterocycles. The van der Waals surface area contributed by atoms with Gasteiger partial charge in [-0.3, -0.25) is 0 Å². The van der Waals surface area contributed by atoms with Crippen LogP contribution in [0, 0.1) is 11.3 Å². The summed E-state index contributed by atoms with van der Waals surface area (Å²) in [6.45, 7) is 0.446. The van der Waals surface area contributed by atoms with E-state index in [0.29, 0.717) is 17.9 Å². The van der Waals surface area contributed by atoms with Crippen molar-refractivity contribution in [1.29, 1.82) is 5.26 Å². The summed E-state index contributed by atoms with van der Waals surface area (Å²) in [5.74, 6) is 0.667. The lowest BCUT2D eigenvalue weighted by molar-refractivity contribution is 0.306. The molecule has 0 radical (unpaired) electrons. The molecule has 3 aromatic rings. The van der Waals surface area contributed by atoms with E-state index in [1.807, 2.05) is 30.3 Å². The van der Waals surface area contributed by atoms with Gasteiger partial charge in [-0.15, -0.1) is 0 Å². The van der Waals surface area contributed by atoms with E-state index in [1.165, 1.54) is 18.2 Å². The molecule has 4 nitrogen and oxygen atoms in total. The van der Waals surface area contributed by atoms with Crippen molar-refractivity contribution in [2.45, 2.75) is 11.5 Å². The molecule has 0 aromatic heterocycles. The van der Waals surface area contributed by atoms with E-state index in [0.717, 1.165) is 5.56 Å². The Kier molecular flexibility index (Phi) is 5.70. The van der Waals surface area contributed by atoms with E-state index in [4.69, 9.17) is 4.74 Å². The number of ether oxygens (including phenoxy) is 1. The lowest BCUT2D eigenvalue weighted by Crippen LogP contribution is -2.03. The Morgan fingerprint density at radius 2 is 1.48 bits per heavy atom. The molecule has 5 heteroatoms. The van der Waals surface area contributed by atoms with Crippen molar-refractivity contribution in [3.05, 3.63) is 101 Å². The van der Waals surface area contributed by atoms with Gasteiger partial charge in [-0.1, -0.05) is 60.7 Å². The van der Waals surface area contributed by atoms with Crippen molar-refractivity contribution in [2.24, 2.45) is 0 Å². The fraction of sp³-hybridized carbons (Fsp3) is 0.0455. The molecule has 0 heterocycles. The van der Waals surface area contributed by atoms with Crippen LogP contribution in [0.5, 0.6) is 5.75 Å². The predicted octanol–water partition coefficient (Wildman–Crippen LogP) is 4.60. The zero-order valence-corrected chi connectivity index (χ0v) is 15.3. The summed E-state index contributed by atoms with van der Waals surface area (Å²) in [4.78, 5) is -0.202. The second-order valence-electron chi connectivity index (χ2n) is 5.78. The van der Waals surface area contributed by atoms with Crippen LogP contribution in [0.25, 0.3) is 6.08 Å². The maximum atomic E-state index is 12.6. The average molecular weight is 375 g/mol. The number of benzene rings is 3. The molecule has 0 aliphatic rings. The average Bonchev–Trinajstić information content (AvgIpc) is 2.72. The monoisotopic (exact) mass is 375 g/mol. The third kappa shape index (κ3) is 4.63. The molecule has 3 aromatic carbocycles. The second-order valence-corrected chi connectivity index (χ2v) is 7.70. The van der Waals surface area contributed by atoms with Crippen LogP contribution in [0.2, 0.25) is 0 Å². The number of nitriles is 1. The van der Waals surface area contributed by atoms with E-state index in [2.05, 4.69) is 0 Å². The first-order valence-corrected chi connectivity index (χ1v) is 9.76. The summed E-state index contributed by atoms with van der Waals surface area (Å²) >= 11 is 0. The molecular weight excluding hydrogens is 358 g/mol. The molecule has 134 valence electrons. The zero-order valence-electron chi connectivity index (χ0n) is 14.4. The van der Waals surface area contributed by atoms with Crippen LogP contribution in [0.4, 0.5) is 0 Å². The molecule has 0 saturated carbocycles. The second kappa shape index (κ2) is 8.35. The maximum absolute atomic E-state index is 12.6. The van der Waals surface area contributed by atoms with Crippen LogP contribution in [0.3, 0.4) is 0 Å². The molecule has 3 rings (SSSR count). The Morgan fingerprint density at radius 3 is 2.07 bits per heavy atom. The SMILES string of the molecule is N#CC(=Cc1ccc(OCc2ccccc2)cc1)S(=O)(=O)c1ccccc1. The van der Waals surface area contributed by atoms with Gasteiger partial charge in [-0.2, -0.15) is 5.26 Å².